The van der Waals surface area contributed by atoms with E-state index in [0.717, 1.165) is 102 Å². The first-order valence-corrected chi connectivity index (χ1v) is 29.6. The molecular weight excluding hydrogens is 1050 g/mol. The summed E-state index contributed by atoms with van der Waals surface area (Å²) >= 11 is 0. The van der Waals surface area contributed by atoms with Gasteiger partial charge in [-0.25, -0.2) is 0 Å². The zero-order chi connectivity index (χ0) is 58.0. The number of carbonyl (C=O) groups is 2. The van der Waals surface area contributed by atoms with E-state index < -0.39 is 0 Å². The van der Waals surface area contributed by atoms with Gasteiger partial charge in [-0.15, -0.1) is 0 Å². The highest BCUT2D eigenvalue weighted by atomic mass is 16.1. The number of hydrogen-bond acceptors (Lipinski definition) is 6. The predicted octanol–water partition coefficient (Wildman–Crippen LogP) is 20.8. The quantitative estimate of drug-likeness (QED) is 0.0853. The largest absolute Gasteiger partial charge is 0.311 e. The summed E-state index contributed by atoms with van der Waals surface area (Å²) in [6.07, 6.45) is 1.58. The van der Waals surface area contributed by atoms with Crippen LogP contribution in [-0.4, -0.2) is 11.6 Å². The SMILES string of the molecule is O=C1CC(Cc2ccc(N(c3ccccc3)c3ccc(-c4ccc(N(c5ccccc5)c5ccccc5)cc4)cc3)cc2)C(=O)CC1Cc1ccc(N(c2ccccc2)c2ccc(-c3ccc(N(c4ccccc4)c4ccccc4)cc3)cc2)cc1. The van der Waals surface area contributed by atoms with Crippen LogP contribution in [0.4, 0.5) is 68.2 Å². The number of carbonyl (C=O) groups excluding carboxylic acids is 2. The van der Waals surface area contributed by atoms with Crippen molar-refractivity contribution in [3.05, 3.63) is 339 Å². The molecule has 0 bridgehead atoms. The molecule has 1 aliphatic rings. The molecule has 12 aromatic rings. The van der Waals surface area contributed by atoms with E-state index in [-0.39, 0.29) is 36.2 Å². The fourth-order valence-electron chi connectivity index (χ4n) is 12.0. The van der Waals surface area contributed by atoms with Gasteiger partial charge in [0.15, 0.2) is 0 Å². The lowest BCUT2D eigenvalue weighted by atomic mass is 9.75. The topological polar surface area (TPSA) is 47.1 Å². The van der Waals surface area contributed by atoms with E-state index in [0.29, 0.717) is 12.8 Å². The summed E-state index contributed by atoms with van der Waals surface area (Å²) in [5, 5.41) is 0. The van der Waals surface area contributed by atoms with Crippen LogP contribution in [0.15, 0.2) is 328 Å². The van der Waals surface area contributed by atoms with Crippen LogP contribution in [0.5, 0.6) is 0 Å². The van der Waals surface area contributed by atoms with Crippen LogP contribution >= 0.6 is 0 Å². The molecule has 12 aromatic carbocycles. The summed E-state index contributed by atoms with van der Waals surface area (Å²) in [7, 11) is 0. The monoisotopic (exact) mass is 1110 g/mol. The Morgan fingerprint density at radius 1 is 0.209 bits per heavy atom. The normalized spacial score (nSPS) is 13.9. The second-order valence-corrected chi connectivity index (χ2v) is 22.0. The molecule has 1 fully saturated rings. The molecule has 0 spiro atoms. The maximum Gasteiger partial charge on any atom is 0.137 e. The Bertz CT molecular complexity index is 3800. The molecule has 6 nitrogen and oxygen atoms in total. The summed E-state index contributed by atoms with van der Waals surface area (Å²) < 4.78 is 0. The zero-order valence-corrected chi connectivity index (χ0v) is 47.8. The van der Waals surface area contributed by atoms with Crippen LogP contribution < -0.4 is 19.6 Å². The molecule has 2 unspecified atom stereocenters. The number of nitrogens with zero attached hydrogens (tertiary/aromatic N) is 4. The van der Waals surface area contributed by atoms with Gasteiger partial charge in [0.05, 0.1) is 0 Å². The van der Waals surface area contributed by atoms with Crippen LogP contribution in [0.3, 0.4) is 0 Å². The van der Waals surface area contributed by atoms with Crippen molar-refractivity contribution in [2.45, 2.75) is 25.7 Å². The molecule has 0 N–H and O–H groups in total. The van der Waals surface area contributed by atoms with Crippen LogP contribution in [0.1, 0.15) is 24.0 Å². The molecule has 0 aliphatic heterocycles. The molecule has 0 amide bonds. The van der Waals surface area contributed by atoms with Gasteiger partial charge >= 0.3 is 0 Å². The van der Waals surface area contributed by atoms with Crippen molar-refractivity contribution in [3.63, 3.8) is 0 Å². The van der Waals surface area contributed by atoms with Crippen LogP contribution in [0.25, 0.3) is 22.3 Å². The molecular formula is C80H64N4O2. The molecule has 1 aliphatic carbocycles. The third kappa shape index (κ3) is 12.1. The average molecular weight is 1110 g/mol. The molecule has 0 heterocycles. The molecule has 0 saturated heterocycles. The number of hydrogen-bond donors (Lipinski definition) is 0. The van der Waals surface area contributed by atoms with Gasteiger partial charge in [-0.1, -0.05) is 182 Å². The van der Waals surface area contributed by atoms with Crippen molar-refractivity contribution in [1.82, 2.24) is 0 Å². The minimum atomic E-state index is -0.339. The van der Waals surface area contributed by atoms with Crippen LogP contribution in [-0.2, 0) is 22.4 Å². The van der Waals surface area contributed by atoms with Crippen molar-refractivity contribution >= 4 is 79.8 Å². The molecule has 6 heteroatoms. The third-order valence-corrected chi connectivity index (χ3v) is 16.4. The van der Waals surface area contributed by atoms with Crippen molar-refractivity contribution in [1.29, 1.82) is 0 Å². The third-order valence-electron chi connectivity index (χ3n) is 16.4. The predicted molar refractivity (Wildman–Crippen MR) is 356 cm³/mol. The zero-order valence-electron chi connectivity index (χ0n) is 47.8. The van der Waals surface area contributed by atoms with E-state index in [9.17, 15) is 9.59 Å². The molecule has 2 atom stereocenters. The maximum absolute atomic E-state index is 13.9. The highest BCUT2D eigenvalue weighted by molar-refractivity contribution is 5.96. The molecule has 86 heavy (non-hydrogen) atoms. The summed E-state index contributed by atoms with van der Waals surface area (Å²) in [6.45, 7) is 0. The fraction of sp³-hybridized carbons (Fsp3) is 0.0750. The molecule has 416 valence electrons. The highest BCUT2D eigenvalue weighted by Gasteiger charge is 2.35. The molecule has 1 saturated carbocycles. The van der Waals surface area contributed by atoms with E-state index in [1.165, 1.54) is 0 Å². The number of anilines is 12. The van der Waals surface area contributed by atoms with Gasteiger partial charge in [0, 0.05) is 92.9 Å². The minimum Gasteiger partial charge on any atom is -0.311 e. The fourth-order valence-corrected chi connectivity index (χ4v) is 12.0. The molecule has 13 rings (SSSR count). The van der Waals surface area contributed by atoms with E-state index in [4.69, 9.17) is 0 Å². The van der Waals surface area contributed by atoms with Gasteiger partial charge in [0.25, 0.3) is 0 Å². The Kier molecular flexibility index (Phi) is 16.0. The van der Waals surface area contributed by atoms with Gasteiger partial charge < -0.3 is 19.6 Å². The Balaban J connectivity index is 0.654. The molecule has 0 radical (unpaired) electrons. The second-order valence-electron chi connectivity index (χ2n) is 22.0. The Labute approximate surface area is 504 Å². The summed E-state index contributed by atoms with van der Waals surface area (Å²) in [4.78, 5) is 36.9. The first-order chi connectivity index (χ1) is 42.5. The number of para-hydroxylation sites is 6. The van der Waals surface area contributed by atoms with Gasteiger partial charge in [0.1, 0.15) is 11.6 Å². The minimum absolute atomic E-state index is 0.164. The smallest absolute Gasteiger partial charge is 0.137 e. The van der Waals surface area contributed by atoms with Gasteiger partial charge in [-0.3, -0.25) is 9.59 Å². The number of Topliss-reactive ketones (excluding diaryl/α,β-unsaturated/α-hetero) is 2. The van der Waals surface area contributed by atoms with Crippen molar-refractivity contribution in [2.75, 3.05) is 19.6 Å². The standard InChI is InChI=1S/C80H64N4O2/c85-79-58-66(56-60-33-45-74(46-34-60)84(72-29-17-6-18-30-72)78-53-41-64(42-54-78)62-37-49-76(50-38-62)82(69-23-11-3-12-24-69)70-25-13-4-14-26-70)80(86)57-65(79)55-59-31-43-73(44-32-59)83(71-27-15-5-16-28-71)77-51-39-63(40-52-77)61-35-47-75(48-36-61)81(67-19-7-1-8-20-67)68-21-9-2-10-22-68/h1-54,65-66H,55-58H2. The van der Waals surface area contributed by atoms with Crippen molar-refractivity contribution in [3.8, 4) is 22.3 Å². The van der Waals surface area contributed by atoms with Crippen LogP contribution in [0.2, 0.25) is 0 Å². The van der Waals surface area contributed by atoms with E-state index in [2.05, 4.69) is 311 Å². The second kappa shape index (κ2) is 25.4. The lowest BCUT2D eigenvalue weighted by Crippen LogP contribution is -2.34. The summed E-state index contributed by atoms with van der Waals surface area (Å²) in [6, 6.07) is 114. The number of ketones is 2. The van der Waals surface area contributed by atoms with Gasteiger partial charge in [0.2, 0.25) is 0 Å². The van der Waals surface area contributed by atoms with E-state index in [1.54, 1.807) is 0 Å². The lowest BCUT2D eigenvalue weighted by molar-refractivity contribution is -0.136. The molecule has 0 aromatic heterocycles. The Morgan fingerprint density at radius 3 is 0.558 bits per heavy atom. The Morgan fingerprint density at radius 2 is 0.372 bits per heavy atom. The average Bonchev–Trinajstić information content (AvgIpc) is 3.66. The van der Waals surface area contributed by atoms with Crippen molar-refractivity contribution in [2.24, 2.45) is 11.8 Å². The summed E-state index contributed by atoms with van der Waals surface area (Å²) in [5.41, 5.74) is 19.4. The highest BCUT2D eigenvalue weighted by Crippen LogP contribution is 2.41. The summed E-state index contributed by atoms with van der Waals surface area (Å²) in [5.74, 6) is -0.352. The first-order valence-electron chi connectivity index (χ1n) is 29.6. The Hall–Kier alpha value is -10.8. The maximum atomic E-state index is 13.9. The van der Waals surface area contributed by atoms with Gasteiger partial charge in [-0.05, 0) is 192 Å². The number of benzene rings is 12. The van der Waals surface area contributed by atoms with Crippen molar-refractivity contribution < 1.29 is 9.59 Å². The lowest BCUT2D eigenvalue weighted by Gasteiger charge is -2.28. The van der Waals surface area contributed by atoms with E-state index in [1.807, 2.05) is 36.4 Å². The number of rotatable bonds is 18. The first kappa shape index (κ1) is 54.4. The van der Waals surface area contributed by atoms with Crippen LogP contribution in [0, 0.1) is 11.8 Å². The van der Waals surface area contributed by atoms with E-state index >= 15 is 0 Å². The van der Waals surface area contributed by atoms with Gasteiger partial charge in [-0.2, -0.15) is 0 Å².